The van der Waals surface area contributed by atoms with E-state index in [0.29, 0.717) is 12.8 Å². The SMILES string of the molecule is CC\C=C/C=C\C=C/C=C\CCCCCCCC(=O)OC(COC(=O)CCC/C=C\C/C=C\C/C=C\C/C=C\C/C=C\CC)COC(=O)CCCCC/C=C\CCCCCCCC. The molecule has 0 aliphatic heterocycles. The second-order valence-electron chi connectivity index (χ2n) is 16.0. The average molecular weight is 871 g/mol. The molecule has 0 saturated carbocycles. The Labute approximate surface area is 386 Å². The van der Waals surface area contributed by atoms with Crippen LogP contribution in [0.1, 0.15) is 201 Å². The Morgan fingerprint density at radius 3 is 1.25 bits per heavy atom. The molecule has 0 fully saturated rings. The zero-order valence-corrected chi connectivity index (χ0v) is 40.3. The highest BCUT2D eigenvalue weighted by atomic mass is 16.6. The molecular weight excluding hydrogens is 781 g/mol. The first-order valence-electron chi connectivity index (χ1n) is 25.1. The van der Waals surface area contributed by atoms with Gasteiger partial charge in [0.25, 0.3) is 0 Å². The monoisotopic (exact) mass is 871 g/mol. The number of carbonyl (C=O) groups is 3. The Kier molecular flexibility index (Phi) is 47.1. The Morgan fingerprint density at radius 1 is 0.349 bits per heavy atom. The second kappa shape index (κ2) is 50.5. The molecule has 0 aliphatic rings. The highest BCUT2D eigenvalue weighted by molar-refractivity contribution is 5.71. The van der Waals surface area contributed by atoms with E-state index < -0.39 is 6.10 Å². The average Bonchev–Trinajstić information content (AvgIpc) is 3.28. The van der Waals surface area contributed by atoms with E-state index in [0.717, 1.165) is 116 Å². The zero-order chi connectivity index (χ0) is 45.8. The maximum atomic E-state index is 12.8. The molecule has 0 aromatic carbocycles. The first-order chi connectivity index (χ1) is 31.0. The Morgan fingerprint density at radius 2 is 0.714 bits per heavy atom. The van der Waals surface area contributed by atoms with Crippen LogP contribution in [0.3, 0.4) is 0 Å². The number of hydrogen-bond acceptors (Lipinski definition) is 6. The van der Waals surface area contributed by atoms with Gasteiger partial charge >= 0.3 is 17.9 Å². The Bertz CT molecular complexity index is 1370. The summed E-state index contributed by atoms with van der Waals surface area (Å²) in [5, 5.41) is 0. The molecular formula is C57H90O6. The molecule has 1 unspecified atom stereocenters. The molecule has 0 saturated heterocycles. The van der Waals surface area contributed by atoms with Gasteiger partial charge < -0.3 is 14.2 Å². The van der Waals surface area contributed by atoms with Crippen molar-refractivity contribution in [2.24, 2.45) is 0 Å². The number of hydrogen-bond donors (Lipinski definition) is 0. The van der Waals surface area contributed by atoms with Crippen molar-refractivity contribution in [3.8, 4) is 0 Å². The highest BCUT2D eigenvalue weighted by Crippen LogP contribution is 2.12. The molecule has 0 rings (SSSR count). The van der Waals surface area contributed by atoms with E-state index in [1.165, 1.54) is 38.5 Å². The second-order valence-corrected chi connectivity index (χ2v) is 16.0. The summed E-state index contributed by atoms with van der Waals surface area (Å²) in [6.45, 7) is 6.27. The standard InChI is InChI=1S/C57H90O6/c1-4-7-10-13-16-19-22-25-27-28-30-32-35-38-41-44-47-50-56(59)62-53-54(52-61-55(58)49-46-43-40-37-34-31-24-21-18-15-12-9-6-3)63-57(60)51-48-45-42-39-36-33-29-26-23-20-17-14-11-8-5-2/h7-8,10-11,14,16-17,19-20,23,25-27,29-32,34,38,41,54H,4-6,9,12-13,15,18,21-22,24,28,33,35-37,39-40,42-53H2,1-3H3/b10-7-,11-8-,17-14-,19-16-,23-20-,27-25-,29-26-,32-30-,34-31-,41-38-. The van der Waals surface area contributed by atoms with Crippen LogP contribution >= 0.6 is 0 Å². The summed E-state index contributed by atoms with van der Waals surface area (Å²) >= 11 is 0. The summed E-state index contributed by atoms with van der Waals surface area (Å²) in [5.74, 6) is -1.03. The van der Waals surface area contributed by atoms with Gasteiger partial charge in [0.05, 0.1) is 0 Å². The molecule has 0 aromatic heterocycles. The summed E-state index contributed by atoms with van der Waals surface area (Å²) < 4.78 is 16.7. The summed E-state index contributed by atoms with van der Waals surface area (Å²) in [7, 11) is 0. The fourth-order valence-corrected chi connectivity index (χ4v) is 6.30. The fraction of sp³-hybridized carbons (Fsp3) is 0.596. The van der Waals surface area contributed by atoms with Crippen LogP contribution in [0.15, 0.2) is 122 Å². The third kappa shape index (κ3) is 48.7. The van der Waals surface area contributed by atoms with Crippen molar-refractivity contribution in [1.82, 2.24) is 0 Å². The molecule has 6 nitrogen and oxygen atoms in total. The molecule has 0 radical (unpaired) electrons. The van der Waals surface area contributed by atoms with E-state index in [4.69, 9.17) is 14.2 Å². The van der Waals surface area contributed by atoms with E-state index in [-0.39, 0.29) is 44.0 Å². The van der Waals surface area contributed by atoms with E-state index in [1.807, 2.05) is 24.3 Å². The number of unbranched alkanes of at least 4 members (excludes halogenated alkanes) is 15. The van der Waals surface area contributed by atoms with E-state index in [9.17, 15) is 14.4 Å². The van der Waals surface area contributed by atoms with Crippen LogP contribution in [0.5, 0.6) is 0 Å². The summed E-state index contributed by atoms with van der Waals surface area (Å²) in [5.41, 5.74) is 0. The van der Waals surface area contributed by atoms with E-state index >= 15 is 0 Å². The summed E-state index contributed by atoms with van der Waals surface area (Å²) in [4.78, 5) is 37.9. The number of rotatable bonds is 43. The maximum Gasteiger partial charge on any atom is 0.306 e. The first kappa shape index (κ1) is 58.8. The van der Waals surface area contributed by atoms with Crippen LogP contribution < -0.4 is 0 Å². The minimum absolute atomic E-state index is 0.117. The highest BCUT2D eigenvalue weighted by Gasteiger charge is 2.19. The zero-order valence-electron chi connectivity index (χ0n) is 40.3. The van der Waals surface area contributed by atoms with Gasteiger partial charge in [0, 0.05) is 19.3 Å². The van der Waals surface area contributed by atoms with Gasteiger partial charge in [0.2, 0.25) is 0 Å². The van der Waals surface area contributed by atoms with Crippen LogP contribution in [0, 0.1) is 0 Å². The lowest BCUT2D eigenvalue weighted by atomic mass is 10.1. The van der Waals surface area contributed by atoms with Gasteiger partial charge in [-0.05, 0) is 103 Å². The maximum absolute atomic E-state index is 12.8. The van der Waals surface area contributed by atoms with Crippen LogP contribution in [-0.4, -0.2) is 37.2 Å². The van der Waals surface area contributed by atoms with Gasteiger partial charge in [-0.15, -0.1) is 0 Å². The molecule has 354 valence electrons. The molecule has 0 N–H and O–H groups in total. The van der Waals surface area contributed by atoms with Crippen molar-refractivity contribution < 1.29 is 28.6 Å². The summed E-state index contributed by atoms with van der Waals surface area (Å²) in [6.07, 6.45) is 69.0. The summed E-state index contributed by atoms with van der Waals surface area (Å²) in [6, 6.07) is 0. The lowest BCUT2D eigenvalue weighted by Gasteiger charge is -2.18. The molecule has 0 amide bonds. The van der Waals surface area contributed by atoms with Gasteiger partial charge in [-0.1, -0.05) is 200 Å². The van der Waals surface area contributed by atoms with Crippen molar-refractivity contribution in [2.75, 3.05) is 13.2 Å². The first-order valence-corrected chi connectivity index (χ1v) is 25.1. The van der Waals surface area contributed by atoms with Crippen LogP contribution in [0.2, 0.25) is 0 Å². The Hall–Kier alpha value is -4.19. The van der Waals surface area contributed by atoms with Crippen molar-refractivity contribution in [3.05, 3.63) is 122 Å². The normalized spacial score (nSPS) is 13.1. The lowest BCUT2D eigenvalue weighted by Crippen LogP contribution is -2.30. The number of allylic oxidation sites excluding steroid dienone is 20. The minimum atomic E-state index is -0.822. The quantitative estimate of drug-likeness (QED) is 0.0200. The van der Waals surface area contributed by atoms with Crippen molar-refractivity contribution in [1.29, 1.82) is 0 Å². The van der Waals surface area contributed by atoms with E-state index in [2.05, 4.69) is 118 Å². The smallest absolute Gasteiger partial charge is 0.306 e. The molecule has 0 spiro atoms. The minimum Gasteiger partial charge on any atom is -0.462 e. The Balaban J connectivity index is 4.57. The molecule has 0 bridgehead atoms. The van der Waals surface area contributed by atoms with Crippen LogP contribution in [0.25, 0.3) is 0 Å². The van der Waals surface area contributed by atoms with Crippen molar-refractivity contribution in [3.63, 3.8) is 0 Å². The molecule has 0 aromatic rings. The predicted octanol–water partition coefficient (Wildman–Crippen LogP) is 16.5. The largest absolute Gasteiger partial charge is 0.462 e. The van der Waals surface area contributed by atoms with Crippen molar-refractivity contribution >= 4 is 17.9 Å². The molecule has 1 atom stereocenters. The third-order valence-corrected chi connectivity index (χ3v) is 10.0. The van der Waals surface area contributed by atoms with E-state index in [1.54, 1.807) is 0 Å². The molecule has 0 heterocycles. The topological polar surface area (TPSA) is 78.9 Å². The van der Waals surface area contributed by atoms with Gasteiger partial charge in [-0.25, -0.2) is 0 Å². The van der Waals surface area contributed by atoms with Crippen LogP contribution in [0.4, 0.5) is 0 Å². The molecule has 0 aliphatic carbocycles. The fourth-order valence-electron chi connectivity index (χ4n) is 6.30. The van der Waals surface area contributed by atoms with Gasteiger partial charge in [-0.3, -0.25) is 14.4 Å². The molecule has 63 heavy (non-hydrogen) atoms. The van der Waals surface area contributed by atoms with Crippen molar-refractivity contribution in [2.45, 2.75) is 207 Å². The van der Waals surface area contributed by atoms with Crippen LogP contribution in [-0.2, 0) is 28.6 Å². The predicted molar refractivity (Wildman–Crippen MR) is 269 cm³/mol. The van der Waals surface area contributed by atoms with Gasteiger partial charge in [-0.2, -0.15) is 0 Å². The number of ether oxygens (including phenoxy) is 3. The van der Waals surface area contributed by atoms with Gasteiger partial charge in [0.15, 0.2) is 6.10 Å². The lowest BCUT2D eigenvalue weighted by molar-refractivity contribution is -0.167. The number of carbonyl (C=O) groups excluding carboxylic acids is 3. The van der Waals surface area contributed by atoms with Gasteiger partial charge in [0.1, 0.15) is 13.2 Å². The molecule has 6 heteroatoms. The number of esters is 3. The third-order valence-electron chi connectivity index (χ3n) is 10.0.